The fourth-order valence-corrected chi connectivity index (χ4v) is 0.750. The summed E-state index contributed by atoms with van der Waals surface area (Å²) in [5, 5.41) is 0. The molecule has 0 aromatic rings. The Bertz CT molecular complexity index is 79.4. The topological polar surface area (TPSA) is 38.7 Å². The first-order valence-electron chi connectivity index (χ1n) is 2.15. The van der Waals surface area contributed by atoms with Crippen molar-refractivity contribution >= 4 is 8.80 Å². The first kappa shape index (κ1) is 7.84. The van der Waals surface area contributed by atoms with E-state index >= 15 is 0 Å². The van der Waals surface area contributed by atoms with Crippen molar-refractivity contribution in [3.8, 4) is 0 Å². The van der Waals surface area contributed by atoms with E-state index in [0.717, 1.165) is 0 Å². The van der Waals surface area contributed by atoms with Gasteiger partial charge in [0, 0.05) is 14.2 Å². The van der Waals surface area contributed by atoms with Crippen LogP contribution in [0.25, 0.3) is 0 Å². The Labute approximate surface area is 49.9 Å². The highest BCUT2D eigenvalue weighted by atomic mass is 28.4. The number of hydrogen-bond acceptors (Lipinski definition) is 3. The molecule has 0 aliphatic heterocycles. The summed E-state index contributed by atoms with van der Waals surface area (Å²) in [7, 11) is -0.135. The van der Waals surface area contributed by atoms with Crippen LogP contribution in [-0.4, -0.2) is 27.8 Å². The lowest BCUT2D eigenvalue weighted by Crippen LogP contribution is -2.37. The smallest absolute Gasteiger partial charge is 0.387 e. The third kappa shape index (κ3) is 1.75. The zero-order valence-corrected chi connectivity index (χ0v) is 6.05. The summed E-state index contributed by atoms with van der Waals surface area (Å²) >= 11 is 0. The van der Waals surface area contributed by atoms with Crippen LogP contribution in [0.4, 0.5) is 0 Å². The zero-order chi connectivity index (χ0) is 6.62. The fraction of sp³-hybridized carbons (Fsp3) is 0.500. The van der Waals surface area contributed by atoms with E-state index in [1.165, 1.54) is 19.9 Å². The second-order valence-electron chi connectivity index (χ2n) is 1.24. The summed E-state index contributed by atoms with van der Waals surface area (Å²) in [6, 6.07) is 0. The Hall–Kier alpha value is -0.163. The van der Waals surface area contributed by atoms with Crippen molar-refractivity contribution in [3.05, 3.63) is 12.3 Å². The van der Waals surface area contributed by atoms with Crippen LogP contribution in [0.5, 0.6) is 0 Å². The average Bonchev–Trinajstić information content (AvgIpc) is 1.87. The molecule has 0 amide bonds. The Kier molecular flexibility index (Phi) is 2.92. The van der Waals surface area contributed by atoms with Gasteiger partial charge in [0.25, 0.3) is 0 Å². The maximum Gasteiger partial charge on any atom is 0.525 e. The Morgan fingerprint density at radius 3 is 1.88 bits per heavy atom. The molecule has 0 aromatic carbocycles. The summed E-state index contributed by atoms with van der Waals surface area (Å²) in [5.41, 5.74) is 1.30. The quantitative estimate of drug-likeness (QED) is 0.549. The van der Waals surface area contributed by atoms with Crippen LogP contribution in [0, 0.1) is 0 Å². The van der Waals surface area contributed by atoms with Crippen LogP contribution >= 0.6 is 0 Å². The van der Waals surface area contributed by atoms with Crippen molar-refractivity contribution in [2.75, 3.05) is 14.2 Å². The lowest BCUT2D eigenvalue weighted by Gasteiger charge is -2.13. The first-order chi connectivity index (χ1) is 3.68. The molecule has 0 rings (SSSR count). The molecule has 0 bridgehead atoms. The van der Waals surface area contributed by atoms with Gasteiger partial charge in [-0.15, -0.1) is 0 Å². The van der Waals surface area contributed by atoms with Crippen LogP contribution in [0.3, 0.4) is 0 Å². The molecule has 0 unspecified atom stereocenters. The van der Waals surface area contributed by atoms with Gasteiger partial charge in [-0.25, -0.2) is 0 Å². The third-order valence-corrected chi connectivity index (χ3v) is 2.53. The third-order valence-electron chi connectivity index (χ3n) is 0.843. The van der Waals surface area contributed by atoms with E-state index in [9.17, 15) is 0 Å². The van der Waals surface area contributed by atoms with Crippen molar-refractivity contribution in [2.45, 2.75) is 0 Å². The minimum Gasteiger partial charge on any atom is -0.387 e. The molecule has 0 aromatic heterocycles. The van der Waals surface area contributed by atoms with E-state index in [-0.39, 0.29) is 0 Å². The second-order valence-corrected chi connectivity index (χ2v) is 3.73. The van der Waals surface area contributed by atoms with Gasteiger partial charge in [0.2, 0.25) is 0 Å². The summed E-state index contributed by atoms with van der Waals surface area (Å²) in [6.07, 6.45) is 0. The van der Waals surface area contributed by atoms with Gasteiger partial charge in [-0.1, -0.05) is 6.58 Å². The van der Waals surface area contributed by atoms with E-state index in [2.05, 4.69) is 15.4 Å². The molecule has 0 atom stereocenters. The minimum absolute atomic E-state index is 1.30. The van der Waals surface area contributed by atoms with E-state index in [4.69, 9.17) is 4.80 Å². The molecular formula is C4H10O3Si. The number of hydrogen-bond donors (Lipinski definition) is 1. The van der Waals surface area contributed by atoms with Crippen LogP contribution < -0.4 is 0 Å². The SMILES string of the molecule is C=C[Si](O)(OC)OC. The molecule has 4 heteroatoms. The standard InChI is InChI=1S/C4H10O3Si/c1-4-8(5,6-2)7-3/h4-5H,1H2,2-3H3. The van der Waals surface area contributed by atoms with E-state index < -0.39 is 8.80 Å². The summed E-state index contributed by atoms with van der Waals surface area (Å²) in [6.45, 7) is 3.34. The fourth-order valence-electron chi connectivity index (χ4n) is 0.250. The normalized spacial score (nSPS) is 11.4. The van der Waals surface area contributed by atoms with Crippen LogP contribution in [0.1, 0.15) is 0 Å². The van der Waals surface area contributed by atoms with Gasteiger partial charge in [-0.2, -0.15) is 0 Å². The monoisotopic (exact) mass is 134 g/mol. The lowest BCUT2D eigenvalue weighted by atomic mass is 11.3. The molecule has 3 nitrogen and oxygen atoms in total. The van der Waals surface area contributed by atoms with Gasteiger partial charge in [-0.05, 0) is 5.70 Å². The van der Waals surface area contributed by atoms with Crippen LogP contribution in [0.2, 0.25) is 0 Å². The van der Waals surface area contributed by atoms with Gasteiger partial charge < -0.3 is 13.6 Å². The summed E-state index contributed by atoms with van der Waals surface area (Å²) in [5.74, 6) is 0. The Morgan fingerprint density at radius 1 is 1.50 bits per heavy atom. The highest BCUT2D eigenvalue weighted by molar-refractivity contribution is 6.64. The first-order valence-corrected chi connectivity index (χ1v) is 3.99. The molecule has 0 aliphatic rings. The van der Waals surface area contributed by atoms with Crippen LogP contribution in [-0.2, 0) is 8.85 Å². The van der Waals surface area contributed by atoms with Gasteiger partial charge in [0.05, 0.1) is 0 Å². The maximum atomic E-state index is 9.01. The molecule has 0 spiro atoms. The summed E-state index contributed by atoms with van der Waals surface area (Å²) < 4.78 is 9.18. The van der Waals surface area contributed by atoms with Crippen molar-refractivity contribution in [1.82, 2.24) is 0 Å². The average molecular weight is 134 g/mol. The molecule has 1 N–H and O–H groups in total. The highest BCUT2D eigenvalue weighted by Crippen LogP contribution is 1.98. The van der Waals surface area contributed by atoms with Crippen molar-refractivity contribution in [1.29, 1.82) is 0 Å². The maximum absolute atomic E-state index is 9.01. The second kappa shape index (κ2) is 2.98. The largest absolute Gasteiger partial charge is 0.525 e. The van der Waals surface area contributed by atoms with E-state index in [1.54, 1.807) is 0 Å². The Balaban J connectivity index is 3.76. The molecular weight excluding hydrogens is 124 g/mol. The molecule has 0 fully saturated rings. The molecule has 8 heavy (non-hydrogen) atoms. The molecule has 0 saturated heterocycles. The van der Waals surface area contributed by atoms with Gasteiger partial charge in [0.15, 0.2) is 0 Å². The van der Waals surface area contributed by atoms with Gasteiger partial charge in [0.1, 0.15) is 0 Å². The lowest BCUT2D eigenvalue weighted by molar-refractivity contribution is 0.167. The molecule has 0 heterocycles. The molecule has 48 valence electrons. The van der Waals surface area contributed by atoms with E-state index in [0.29, 0.717) is 0 Å². The van der Waals surface area contributed by atoms with Crippen molar-refractivity contribution < 1.29 is 13.6 Å². The van der Waals surface area contributed by atoms with E-state index in [1.807, 2.05) is 0 Å². The van der Waals surface area contributed by atoms with Crippen LogP contribution in [0.15, 0.2) is 12.3 Å². The predicted molar refractivity (Wildman–Crippen MR) is 32.2 cm³/mol. The minimum atomic E-state index is -2.91. The van der Waals surface area contributed by atoms with Crippen molar-refractivity contribution in [3.63, 3.8) is 0 Å². The summed E-state index contributed by atoms with van der Waals surface area (Å²) in [4.78, 5) is 9.01. The molecule has 0 saturated carbocycles. The zero-order valence-electron chi connectivity index (χ0n) is 5.05. The highest BCUT2D eigenvalue weighted by Gasteiger charge is 2.28. The Morgan fingerprint density at radius 2 is 1.88 bits per heavy atom. The van der Waals surface area contributed by atoms with Crippen molar-refractivity contribution in [2.24, 2.45) is 0 Å². The predicted octanol–water partition coefficient (Wildman–Crippen LogP) is -0.0644. The molecule has 0 aliphatic carbocycles. The van der Waals surface area contributed by atoms with Gasteiger partial charge in [-0.3, -0.25) is 0 Å². The number of rotatable bonds is 3. The van der Waals surface area contributed by atoms with Gasteiger partial charge >= 0.3 is 8.80 Å². The molecule has 0 radical (unpaired) electrons.